The topological polar surface area (TPSA) is 26.3 Å². The SMILES string of the molecule is Cc1cc(C)c2c(c1)OCC(=Cc1ccc(F)cc1)C2=O. The molecule has 1 heterocycles. The molecule has 1 aliphatic heterocycles. The highest BCUT2D eigenvalue weighted by molar-refractivity contribution is 6.14. The van der Waals surface area contributed by atoms with Gasteiger partial charge in [0.15, 0.2) is 5.78 Å². The third kappa shape index (κ3) is 2.59. The molecule has 1 aliphatic rings. The molecular formula is C18H15FO2. The van der Waals surface area contributed by atoms with Crippen LogP contribution in [-0.2, 0) is 0 Å². The zero-order valence-corrected chi connectivity index (χ0v) is 11.9. The fourth-order valence-electron chi connectivity index (χ4n) is 2.58. The maximum absolute atomic E-state index is 12.9. The number of carbonyl (C=O) groups excluding carboxylic acids is 1. The standard InChI is InChI=1S/C18H15FO2/c1-11-7-12(2)17-16(8-11)21-10-14(18(17)20)9-13-3-5-15(19)6-4-13/h3-9H,10H2,1-2H3. The van der Waals surface area contributed by atoms with Crippen LogP contribution in [0.25, 0.3) is 6.08 Å². The van der Waals surface area contributed by atoms with Gasteiger partial charge in [0.1, 0.15) is 18.2 Å². The van der Waals surface area contributed by atoms with Crippen molar-refractivity contribution < 1.29 is 13.9 Å². The number of carbonyl (C=O) groups is 1. The van der Waals surface area contributed by atoms with Crippen LogP contribution in [0.5, 0.6) is 5.75 Å². The normalized spacial score (nSPS) is 15.8. The molecule has 0 fully saturated rings. The Hall–Kier alpha value is -2.42. The smallest absolute Gasteiger partial charge is 0.196 e. The lowest BCUT2D eigenvalue weighted by molar-refractivity contribution is 0.1000. The molecule has 0 bridgehead atoms. The zero-order valence-electron chi connectivity index (χ0n) is 11.9. The summed E-state index contributed by atoms with van der Waals surface area (Å²) in [5.41, 5.74) is 3.99. The van der Waals surface area contributed by atoms with E-state index < -0.39 is 0 Å². The molecule has 3 heteroatoms. The van der Waals surface area contributed by atoms with Crippen molar-refractivity contribution in [1.29, 1.82) is 0 Å². The van der Waals surface area contributed by atoms with Crippen LogP contribution in [0.4, 0.5) is 4.39 Å². The molecular weight excluding hydrogens is 267 g/mol. The summed E-state index contributed by atoms with van der Waals surface area (Å²) >= 11 is 0. The fourth-order valence-corrected chi connectivity index (χ4v) is 2.58. The molecule has 0 saturated carbocycles. The van der Waals surface area contributed by atoms with E-state index in [0.717, 1.165) is 16.7 Å². The van der Waals surface area contributed by atoms with Crippen molar-refractivity contribution in [2.45, 2.75) is 13.8 Å². The third-order valence-electron chi connectivity index (χ3n) is 3.56. The number of benzene rings is 2. The minimum absolute atomic E-state index is 0.0157. The number of ether oxygens (including phenoxy) is 1. The molecule has 2 aromatic carbocycles. The summed E-state index contributed by atoms with van der Waals surface area (Å²) < 4.78 is 18.6. The fraction of sp³-hybridized carbons (Fsp3) is 0.167. The van der Waals surface area contributed by atoms with Crippen molar-refractivity contribution in [3.8, 4) is 5.75 Å². The van der Waals surface area contributed by atoms with Gasteiger partial charge in [-0.3, -0.25) is 4.79 Å². The first-order valence-electron chi connectivity index (χ1n) is 6.79. The van der Waals surface area contributed by atoms with Gasteiger partial charge in [-0.25, -0.2) is 4.39 Å². The summed E-state index contributed by atoms with van der Waals surface area (Å²) in [6, 6.07) is 9.91. The van der Waals surface area contributed by atoms with Gasteiger partial charge < -0.3 is 4.74 Å². The van der Waals surface area contributed by atoms with Crippen molar-refractivity contribution in [3.05, 3.63) is 70.0 Å². The second-order valence-corrected chi connectivity index (χ2v) is 5.29. The van der Waals surface area contributed by atoms with Gasteiger partial charge in [0.2, 0.25) is 0 Å². The number of fused-ring (bicyclic) bond motifs is 1. The first-order chi connectivity index (χ1) is 10.0. The zero-order chi connectivity index (χ0) is 15.0. The monoisotopic (exact) mass is 282 g/mol. The molecule has 2 nitrogen and oxygen atoms in total. The summed E-state index contributed by atoms with van der Waals surface area (Å²) in [6.07, 6.45) is 1.75. The van der Waals surface area contributed by atoms with Crippen molar-refractivity contribution in [1.82, 2.24) is 0 Å². The van der Waals surface area contributed by atoms with Gasteiger partial charge >= 0.3 is 0 Å². The molecule has 0 atom stereocenters. The Kier molecular flexibility index (Phi) is 3.34. The van der Waals surface area contributed by atoms with Crippen LogP contribution < -0.4 is 4.74 Å². The van der Waals surface area contributed by atoms with Crippen LogP contribution >= 0.6 is 0 Å². The largest absolute Gasteiger partial charge is 0.488 e. The Morgan fingerprint density at radius 1 is 1.14 bits per heavy atom. The predicted octanol–water partition coefficient (Wildman–Crippen LogP) is 4.10. The van der Waals surface area contributed by atoms with E-state index in [2.05, 4.69) is 0 Å². The second kappa shape index (κ2) is 5.17. The Bertz CT molecular complexity index is 743. The molecule has 3 rings (SSSR count). The average Bonchev–Trinajstić information content (AvgIpc) is 2.43. The lowest BCUT2D eigenvalue weighted by Gasteiger charge is -2.21. The van der Waals surface area contributed by atoms with Gasteiger partial charge in [-0.1, -0.05) is 18.2 Å². The highest BCUT2D eigenvalue weighted by atomic mass is 19.1. The van der Waals surface area contributed by atoms with Crippen LogP contribution in [0, 0.1) is 19.7 Å². The minimum atomic E-state index is -0.292. The molecule has 0 unspecified atom stereocenters. The van der Waals surface area contributed by atoms with Crippen LogP contribution in [0.2, 0.25) is 0 Å². The van der Waals surface area contributed by atoms with E-state index >= 15 is 0 Å². The number of rotatable bonds is 1. The quantitative estimate of drug-likeness (QED) is 0.736. The number of aryl methyl sites for hydroxylation is 2. The van der Waals surface area contributed by atoms with Gasteiger partial charge in [0, 0.05) is 5.57 Å². The maximum atomic E-state index is 12.9. The lowest BCUT2D eigenvalue weighted by atomic mass is 9.93. The van der Waals surface area contributed by atoms with E-state index in [1.54, 1.807) is 18.2 Å². The second-order valence-electron chi connectivity index (χ2n) is 5.29. The number of hydrogen-bond donors (Lipinski definition) is 0. The molecule has 0 aromatic heterocycles. The molecule has 0 N–H and O–H groups in total. The number of hydrogen-bond acceptors (Lipinski definition) is 2. The highest BCUT2D eigenvalue weighted by Crippen LogP contribution is 2.31. The van der Waals surface area contributed by atoms with E-state index in [1.807, 2.05) is 26.0 Å². The van der Waals surface area contributed by atoms with Crippen LogP contribution in [0.15, 0.2) is 42.0 Å². The van der Waals surface area contributed by atoms with Gasteiger partial charge in [-0.2, -0.15) is 0 Å². The molecule has 106 valence electrons. The predicted molar refractivity (Wildman–Crippen MR) is 80.1 cm³/mol. The van der Waals surface area contributed by atoms with E-state index in [0.29, 0.717) is 16.9 Å². The Balaban J connectivity index is 2.01. The Morgan fingerprint density at radius 3 is 2.57 bits per heavy atom. The summed E-state index contributed by atoms with van der Waals surface area (Å²) in [4.78, 5) is 12.6. The van der Waals surface area contributed by atoms with Gasteiger partial charge in [0.25, 0.3) is 0 Å². The summed E-state index contributed by atoms with van der Waals surface area (Å²) in [5.74, 6) is 0.340. The minimum Gasteiger partial charge on any atom is -0.488 e. The Morgan fingerprint density at radius 2 is 1.86 bits per heavy atom. The Labute approximate surface area is 122 Å². The first kappa shape index (κ1) is 13.6. The lowest BCUT2D eigenvalue weighted by Crippen LogP contribution is -2.20. The van der Waals surface area contributed by atoms with E-state index in [4.69, 9.17) is 4.74 Å². The van der Waals surface area contributed by atoms with Crippen molar-refractivity contribution in [2.24, 2.45) is 0 Å². The van der Waals surface area contributed by atoms with Gasteiger partial charge in [-0.05, 0) is 54.8 Å². The molecule has 0 aliphatic carbocycles. The van der Waals surface area contributed by atoms with Gasteiger partial charge in [0.05, 0.1) is 5.56 Å². The molecule has 0 saturated heterocycles. The third-order valence-corrected chi connectivity index (χ3v) is 3.56. The summed E-state index contributed by atoms with van der Waals surface area (Å²) in [7, 11) is 0. The molecule has 0 radical (unpaired) electrons. The van der Waals surface area contributed by atoms with Crippen molar-refractivity contribution >= 4 is 11.9 Å². The van der Waals surface area contributed by atoms with Crippen LogP contribution in [0.1, 0.15) is 27.0 Å². The van der Waals surface area contributed by atoms with Crippen LogP contribution in [0.3, 0.4) is 0 Å². The number of Topliss-reactive ketones (excluding diaryl/α,β-unsaturated/α-hetero) is 1. The van der Waals surface area contributed by atoms with E-state index in [-0.39, 0.29) is 18.2 Å². The molecule has 0 spiro atoms. The maximum Gasteiger partial charge on any atom is 0.196 e. The van der Waals surface area contributed by atoms with E-state index in [9.17, 15) is 9.18 Å². The number of halogens is 1. The molecule has 0 amide bonds. The highest BCUT2D eigenvalue weighted by Gasteiger charge is 2.25. The van der Waals surface area contributed by atoms with Gasteiger partial charge in [-0.15, -0.1) is 0 Å². The summed E-state index contributed by atoms with van der Waals surface area (Å²) in [5, 5.41) is 0. The number of ketones is 1. The first-order valence-corrected chi connectivity index (χ1v) is 6.79. The molecule has 2 aromatic rings. The average molecular weight is 282 g/mol. The van der Waals surface area contributed by atoms with Crippen molar-refractivity contribution in [3.63, 3.8) is 0 Å². The van der Waals surface area contributed by atoms with Crippen LogP contribution in [-0.4, -0.2) is 12.4 Å². The molecule has 21 heavy (non-hydrogen) atoms. The summed E-state index contributed by atoms with van der Waals surface area (Å²) in [6.45, 7) is 4.13. The van der Waals surface area contributed by atoms with E-state index in [1.165, 1.54) is 12.1 Å². The van der Waals surface area contributed by atoms with Crippen molar-refractivity contribution in [2.75, 3.05) is 6.61 Å².